The lowest BCUT2D eigenvalue weighted by Gasteiger charge is -2.39. The number of carbonyl (C=O) groups excluding carboxylic acids is 1. The molecule has 0 heterocycles. The smallest absolute Gasteiger partial charge is 0.136 e. The molecule has 0 aromatic rings. The lowest BCUT2D eigenvalue weighted by atomic mass is 9.64. The number of fused-ring (bicyclic) bond motifs is 1. The van der Waals surface area contributed by atoms with Crippen molar-refractivity contribution in [2.24, 2.45) is 11.3 Å². The molecule has 13 heavy (non-hydrogen) atoms. The van der Waals surface area contributed by atoms with Crippen LogP contribution < -0.4 is 0 Å². The van der Waals surface area contributed by atoms with E-state index in [1.54, 1.807) is 0 Å². The van der Waals surface area contributed by atoms with Crippen LogP contribution >= 0.6 is 0 Å². The van der Waals surface area contributed by atoms with E-state index in [1.807, 2.05) is 0 Å². The Morgan fingerprint density at radius 3 is 3.15 bits per heavy atom. The van der Waals surface area contributed by atoms with E-state index in [1.165, 1.54) is 6.42 Å². The van der Waals surface area contributed by atoms with E-state index in [0.717, 1.165) is 32.1 Å². The van der Waals surface area contributed by atoms with E-state index in [9.17, 15) is 4.79 Å². The first-order valence-corrected chi connectivity index (χ1v) is 5.40. The van der Waals surface area contributed by atoms with Crippen molar-refractivity contribution in [2.45, 2.75) is 45.4 Å². The predicted octanol–water partition coefficient (Wildman–Crippen LogP) is 3.10. The average Bonchev–Trinajstić information content (AvgIpc) is 2.27. The molecule has 72 valence electrons. The first kappa shape index (κ1) is 8.98. The number of ketones is 1. The van der Waals surface area contributed by atoms with Crippen LogP contribution in [0, 0.1) is 11.3 Å². The van der Waals surface area contributed by atoms with Gasteiger partial charge in [-0.2, -0.15) is 0 Å². The van der Waals surface area contributed by atoms with Gasteiger partial charge < -0.3 is 0 Å². The summed E-state index contributed by atoms with van der Waals surface area (Å²) < 4.78 is 0. The van der Waals surface area contributed by atoms with Gasteiger partial charge in [0.05, 0.1) is 0 Å². The van der Waals surface area contributed by atoms with Crippen LogP contribution in [-0.2, 0) is 4.79 Å². The van der Waals surface area contributed by atoms with Gasteiger partial charge in [0.2, 0.25) is 0 Å². The summed E-state index contributed by atoms with van der Waals surface area (Å²) in [6.07, 6.45) is 11.0. The molecule has 1 fully saturated rings. The number of hydrogen-bond acceptors (Lipinski definition) is 1. The average molecular weight is 178 g/mol. The zero-order chi connectivity index (χ0) is 9.31. The summed E-state index contributed by atoms with van der Waals surface area (Å²) in [6, 6.07) is 0. The molecule has 0 amide bonds. The third-order valence-electron chi connectivity index (χ3n) is 3.77. The summed E-state index contributed by atoms with van der Waals surface area (Å²) in [7, 11) is 0. The van der Waals surface area contributed by atoms with Crippen LogP contribution in [0.15, 0.2) is 12.2 Å². The Morgan fingerprint density at radius 2 is 2.31 bits per heavy atom. The van der Waals surface area contributed by atoms with Crippen molar-refractivity contribution in [3.05, 3.63) is 12.2 Å². The Labute approximate surface area is 80.2 Å². The van der Waals surface area contributed by atoms with Gasteiger partial charge in [-0.1, -0.05) is 19.1 Å². The molecule has 2 aliphatic rings. The van der Waals surface area contributed by atoms with E-state index < -0.39 is 0 Å². The first-order valence-electron chi connectivity index (χ1n) is 5.40. The number of allylic oxidation sites excluding steroid dienone is 2. The van der Waals surface area contributed by atoms with Crippen molar-refractivity contribution in [3.63, 3.8) is 0 Å². The fourth-order valence-electron chi connectivity index (χ4n) is 2.89. The number of carbonyl (C=O) groups is 1. The molecule has 0 aromatic carbocycles. The standard InChI is InChI=1S/C12H18O/c1-12-8-4-2-3-6-10(12)11(13)7-5-9-12/h2,4,10H,3,5-9H2,1H3/t10-,12-/m1/s1. The van der Waals surface area contributed by atoms with Crippen LogP contribution in [-0.4, -0.2) is 5.78 Å². The highest BCUT2D eigenvalue weighted by Gasteiger charge is 2.40. The van der Waals surface area contributed by atoms with Crippen LogP contribution in [0.2, 0.25) is 0 Å². The first-order chi connectivity index (χ1) is 6.22. The maximum atomic E-state index is 11.8. The Bertz CT molecular complexity index is 242. The molecule has 0 bridgehead atoms. The largest absolute Gasteiger partial charge is 0.299 e. The molecule has 0 unspecified atom stereocenters. The maximum Gasteiger partial charge on any atom is 0.136 e. The molecular formula is C12H18O. The van der Waals surface area contributed by atoms with Crippen LogP contribution in [0.4, 0.5) is 0 Å². The predicted molar refractivity (Wildman–Crippen MR) is 53.4 cm³/mol. The summed E-state index contributed by atoms with van der Waals surface area (Å²) in [5.74, 6) is 0.883. The second kappa shape index (κ2) is 3.28. The molecule has 1 heteroatoms. The molecule has 0 spiro atoms. The van der Waals surface area contributed by atoms with Gasteiger partial charge in [0, 0.05) is 12.3 Å². The number of rotatable bonds is 0. The molecule has 0 radical (unpaired) electrons. The van der Waals surface area contributed by atoms with Crippen LogP contribution in [0.25, 0.3) is 0 Å². The second-order valence-electron chi connectivity index (χ2n) is 4.78. The van der Waals surface area contributed by atoms with E-state index in [-0.39, 0.29) is 0 Å². The van der Waals surface area contributed by atoms with Crippen LogP contribution in [0.5, 0.6) is 0 Å². The minimum Gasteiger partial charge on any atom is -0.299 e. The Hall–Kier alpha value is -0.590. The summed E-state index contributed by atoms with van der Waals surface area (Å²) in [4.78, 5) is 11.8. The van der Waals surface area contributed by atoms with Gasteiger partial charge in [-0.15, -0.1) is 0 Å². The minimum absolute atomic E-state index is 0.294. The summed E-state index contributed by atoms with van der Waals surface area (Å²) in [5, 5.41) is 0. The van der Waals surface area contributed by atoms with Crippen molar-refractivity contribution in [1.29, 1.82) is 0 Å². The summed E-state index contributed by atoms with van der Waals surface area (Å²) in [5.41, 5.74) is 0.294. The van der Waals surface area contributed by atoms with E-state index >= 15 is 0 Å². The lowest BCUT2D eigenvalue weighted by molar-refractivity contribution is -0.130. The maximum absolute atomic E-state index is 11.8. The Morgan fingerprint density at radius 1 is 1.46 bits per heavy atom. The topological polar surface area (TPSA) is 17.1 Å². The summed E-state index contributed by atoms with van der Waals surface area (Å²) in [6.45, 7) is 2.30. The molecular weight excluding hydrogens is 160 g/mol. The zero-order valence-corrected chi connectivity index (χ0v) is 8.38. The molecule has 2 aliphatic carbocycles. The number of Topliss-reactive ketones (excluding diaryl/α,β-unsaturated/α-hetero) is 1. The fourth-order valence-corrected chi connectivity index (χ4v) is 2.89. The van der Waals surface area contributed by atoms with Gasteiger partial charge in [0.15, 0.2) is 0 Å². The monoisotopic (exact) mass is 178 g/mol. The molecule has 0 aromatic heterocycles. The van der Waals surface area contributed by atoms with Gasteiger partial charge in [-0.3, -0.25) is 4.79 Å². The van der Waals surface area contributed by atoms with E-state index in [0.29, 0.717) is 17.1 Å². The van der Waals surface area contributed by atoms with E-state index in [4.69, 9.17) is 0 Å². The quantitative estimate of drug-likeness (QED) is 0.521. The lowest BCUT2D eigenvalue weighted by Crippen LogP contribution is -2.36. The van der Waals surface area contributed by atoms with Crippen molar-refractivity contribution >= 4 is 5.78 Å². The number of hydrogen-bond donors (Lipinski definition) is 0. The Balaban J connectivity index is 2.22. The van der Waals surface area contributed by atoms with Crippen molar-refractivity contribution in [2.75, 3.05) is 0 Å². The van der Waals surface area contributed by atoms with Crippen molar-refractivity contribution in [1.82, 2.24) is 0 Å². The molecule has 2 atom stereocenters. The van der Waals surface area contributed by atoms with Crippen LogP contribution in [0.3, 0.4) is 0 Å². The fraction of sp³-hybridized carbons (Fsp3) is 0.750. The molecule has 0 saturated heterocycles. The second-order valence-corrected chi connectivity index (χ2v) is 4.78. The Kier molecular flexibility index (Phi) is 2.27. The van der Waals surface area contributed by atoms with Gasteiger partial charge in [-0.05, 0) is 37.5 Å². The molecule has 2 rings (SSSR count). The van der Waals surface area contributed by atoms with Crippen molar-refractivity contribution in [3.8, 4) is 0 Å². The van der Waals surface area contributed by atoms with Gasteiger partial charge in [0.25, 0.3) is 0 Å². The zero-order valence-electron chi connectivity index (χ0n) is 8.38. The highest BCUT2D eigenvalue weighted by molar-refractivity contribution is 5.82. The summed E-state index contributed by atoms with van der Waals surface area (Å²) >= 11 is 0. The van der Waals surface area contributed by atoms with E-state index in [2.05, 4.69) is 19.1 Å². The third kappa shape index (κ3) is 1.56. The minimum atomic E-state index is 0.294. The van der Waals surface area contributed by atoms with Gasteiger partial charge in [0.1, 0.15) is 5.78 Å². The van der Waals surface area contributed by atoms with Gasteiger partial charge in [-0.25, -0.2) is 0 Å². The molecule has 1 saturated carbocycles. The SMILES string of the molecule is C[C@]12CC=CCC[C@@H]1C(=O)CCC2. The normalized spacial score (nSPS) is 39.8. The highest BCUT2D eigenvalue weighted by Crippen LogP contribution is 2.45. The highest BCUT2D eigenvalue weighted by atomic mass is 16.1. The third-order valence-corrected chi connectivity index (χ3v) is 3.77. The van der Waals surface area contributed by atoms with Crippen molar-refractivity contribution < 1.29 is 4.79 Å². The van der Waals surface area contributed by atoms with Gasteiger partial charge >= 0.3 is 0 Å². The molecule has 1 nitrogen and oxygen atoms in total. The molecule has 0 N–H and O–H groups in total. The van der Waals surface area contributed by atoms with Crippen LogP contribution in [0.1, 0.15) is 45.4 Å². The molecule has 0 aliphatic heterocycles.